The molecule has 3 aromatic carbocycles. The molecule has 0 radical (unpaired) electrons. The van der Waals surface area contributed by atoms with Crippen LogP contribution >= 0.6 is 0 Å². The number of halogens is 1. The summed E-state index contributed by atoms with van der Waals surface area (Å²) in [6.45, 7) is 7.03. The number of hydrogen-bond donors (Lipinski definition) is 1. The monoisotopic (exact) mass is 404 g/mol. The normalized spacial score (nSPS) is 10.3. The molecule has 0 aromatic heterocycles. The van der Waals surface area contributed by atoms with Gasteiger partial charge in [-0.1, -0.05) is 37.4 Å². The van der Waals surface area contributed by atoms with Crippen molar-refractivity contribution in [1.82, 2.24) is 0 Å². The third-order valence-corrected chi connectivity index (χ3v) is 4.57. The molecule has 0 aliphatic rings. The van der Waals surface area contributed by atoms with Gasteiger partial charge in [0.1, 0.15) is 17.3 Å². The summed E-state index contributed by atoms with van der Waals surface area (Å²) in [4.78, 5) is 11.1. The molecule has 1 N–H and O–H groups in total. The van der Waals surface area contributed by atoms with Gasteiger partial charge < -0.3 is 14.6 Å². The second-order valence-electron chi connectivity index (χ2n) is 6.50. The number of aryl methyl sites for hydroxylation is 1. The van der Waals surface area contributed by atoms with Crippen molar-refractivity contribution < 1.29 is 23.8 Å². The number of carboxylic acid groups (broad SMARTS) is 1. The highest BCUT2D eigenvalue weighted by atomic mass is 19.1. The van der Waals surface area contributed by atoms with Gasteiger partial charge in [0, 0.05) is 12.0 Å². The minimum Gasteiger partial charge on any atom is -0.481 e. The molecule has 0 fully saturated rings. The first-order valence-corrected chi connectivity index (χ1v) is 9.32. The van der Waals surface area contributed by atoms with Crippen LogP contribution in [0, 0.1) is 5.82 Å². The van der Waals surface area contributed by atoms with Crippen LogP contribution in [-0.4, -0.2) is 11.1 Å². The third kappa shape index (κ3) is 4.94. The maximum atomic E-state index is 15.0. The molecule has 0 aliphatic heterocycles. The van der Waals surface area contributed by atoms with Gasteiger partial charge in [-0.2, -0.15) is 0 Å². The van der Waals surface area contributed by atoms with E-state index in [-0.39, 0.29) is 12.8 Å². The molecular weight excluding hydrogens is 383 g/mol. The van der Waals surface area contributed by atoms with E-state index in [9.17, 15) is 4.79 Å². The number of aliphatic carboxylic acids is 1. The Labute approximate surface area is 174 Å². The Kier molecular flexibility index (Phi) is 6.65. The van der Waals surface area contributed by atoms with E-state index in [1.54, 1.807) is 54.6 Å². The predicted octanol–water partition coefficient (Wildman–Crippen LogP) is 6.22. The molecule has 0 bridgehead atoms. The van der Waals surface area contributed by atoms with Crippen molar-refractivity contribution in [3.8, 4) is 33.8 Å². The first-order chi connectivity index (χ1) is 14.5. The van der Waals surface area contributed by atoms with Gasteiger partial charge in [0.15, 0.2) is 0 Å². The minimum atomic E-state index is -0.910. The summed E-state index contributed by atoms with van der Waals surface area (Å²) in [6.07, 6.45) is 2.87. The predicted molar refractivity (Wildman–Crippen MR) is 115 cm³/mol. The summed E-state index contributed by atoms with van der Waals surface area (Å²) >= 11 is 0. The van der Waals surface area contributed by atoms with Crippen LogP contribution in [0.25, 0.3) is 22.3 Å². The van der Waals surface area contributed by atoms with Crippen LogP contribution in [0.5, 0.6) is 11.5 Å². The molecule has 4 nitrogen and oxygen atoms in total. The van der Waals surface area contributed by atoms with Gasteiger partial charge in [-0.05, 0) is 65.1 Å². The average Bonchev–Trinajstić information content (AvgIpc) is 2.74. The maximum absolute atomic E-state index is 15.0. The van der Waals surface area contributed by atoms with Gasteiger partial charge >= 0.3 is 5.97 Å². The topological polar surface area (TPSA) is 55.8 Å². The third-order valence-electron chi connectivity index (χ3n) is 4.57. The van der Waals surface area contributed by atoms with Gasteiger partial charge in [-0.25, -0.2) is 4.39 Å². The SMILES string of the molecule is C=COc1ccc(-c2cc(CCC(=O)O)c(-c3ccc(OC=C)cc3)cc2F)cc1. The molecule has 3 aromatic rings. The lowest BCUT2D eigenvalue weighted by atomic mass is 9.92. The van der Waals surface area contributed by atoms with E-state index in [0.29, 0.717) is 28.2 Å². The average molecular weight is 404 g/mol. The molecule has 0 aliphatic carbocycles. The van der Waals surface area contributed by atoms with Gasteiger partial charge in [-0.15, -0.1) is 0 Å². The lowest BCUT2D eigenvalue weighted by Gasteiger charge is -2.14. The fourth-order valence-electron chi connectivity index (χ4n) is 3.18. The summed E-state index contributed by atoms with van der Waals surface area (Å²) in [7, 11) is 0. The van der Waals surface area contributed by atoms with Crippen LogP contribution in [0.15, 0.2) is 86.3 Å². The van der Waals surface area contributed by atoms with Crippen LogP contribution < -0.4 is 9.47 Å². The van der Waals surface area contributed by atoms with Crippen molar-refractivity contribution in [2.45, 2.75) is 12.8 Å². The lowest BCUT2D eigenvalue weighted by molar-refractivity contribution is -0.136. The molecule has 0 saturated carbocycles. The van der Waals surface area contributed by atoms with Crippen LogP contribution in [0.2, 0.25) is 0 Å². The van der Waals surface area contributed by atoms with Crippen molar-refractivity contribution in [1.29, 1.82) is 0 Å². The molecule has 0 heterocycles. The van der Waals surface area contributed by atoms with E-state index in [1.807, 2.05) is 0 Å². The highest BCUT2D eigenvalue weighted by molar-refractivity contribution is 5.76. The largest absolute Gasteiger partial charge is 0.481 e. The summed E-state index contributed by atoms with van der Waals surface area (Å²) in [5, 5.41) is 9.13. The van der Waals surface area contributed by atoms with Gasteiger partial charge in [-0.3, -0.25) is 4.79 Å². The molecule has 152 valence electrons. The summed E-state index contributed by atoms with van der Waals surface area (Å²) in [6, 6.07) is 17.2. The van der Waals surface area contributed by atoms with Crippen LogP contribution in [-0.2, 0) is 11.2 Å². The molecule has 0 saturated heterocycles. The first kappa shape index (κ1) is 20.9. The standard InChI is InChI=1S/C25H21FO4/c1-3-29-20-10-5-17(6-11-20)22-16-24(26)23(15-19(22)9-14-25(27)28)18-7-12-21(13-8-18)30-4-2/h3-8,10-13,15-16H,1-2,9,14H2,(H,27,28). The van der Waals surface area contributed by atoms with E-state index in [4.69, 9.17) is 14.6 Å². The Morgan fingerprint density at radius 3 is 1.83 bits per heavy atom. The molecule has 3 rings (SSSR count). The van der Waals surface area contributed by atoms with Gasteiger partial charge in [0.05, 0.1) is 12.5 Å². The zero-order valence-electron chi connectivity index (χ0n) is 16.3. The number of carbonyl (C=O) groups is 1. The molecule has 0 spiro atoms. The van der Waals surface area contributed by atoms with Gasteiger partial charge in [0.25, 0.3) is 0 Å². The number of ether oxygens (including phenoxy) is 2. The fraction of sp³-hybridized carbons (Fsp3) is 0.0800. The summed E-state index contributed by atoms with van der Waals surface area (Å²) in [5.41, 5.74) is 3.23. The highest BCUT2D eigenvalue weighted by Crippen LogP contribution is 2.34. The molecule has 0 amide bonds. The Morgan fingerprint density at radius 1 is 0.867 bits per heavy atom. The van der Waals surface area contributed by atoms with E-state index >= 15 is 4.39 Å². The zero-order chi connectivity index (χ0) is 21.5. The number of hydrogen-bond acceptors (Lipinski definition) is 3. The molecule has 5 heteroatoms. The van der Waals surface area contributed by atoms with E-state index in [0.717, 1.165) is 11.1 Å². The Morgan fingerprint density at radius 2 is 1.37 bits per heavy atom. The molecule has 0 unspecified atom stereocenters. The maximum Gasteiger partial charge on any atom is 0.303 e. The van der Waals surface area contributed by atoms with Crippen LogP contribution in [0.3, 0.4) is 0 Å². The molecule has 30 heavy (non-hydrogen) atoms. The van der Waals surface area contributed by atoms with Crippen molar-refractivity contribution in [3.05, 3.63) is 97.7 Å². The second-order valence-corrected chi connectivity index (χ2v) is 6.50. The van der Waals surface area contributed by atoms with E-state index < -0.39 is 11.8 Å². The summed E-state index contributed by atoms with van der Waals surface area (Å²) in [5.74, 6) is -0.0983. The van der Waals surface area contributed by atoms with E-state index in [2.05, 4.69) is 13.2 Å². The Balaban J connectivity index is 2.04. The van der Waals surface area contributed by atoms with Crippen LogP contribution in [0.4, 0.5) is 4.39 Å². The number of benzene rings is 3. The molecule has 0 atom stereocenters. The number of rotatable bonds is 9. The smallest absolute Gasteiger partial charge is 0.303 e. The molecular formula is C25H21FO4. The quantitative estimate of drug-likeness (QED) is 0.430. The first-order valence-electron chi connectivity index (χ1n) is 9.32. The van der Waals surface area contributed by atoms with Crippen molar-refractivity contribution >= 4 is 5.97 Å². The highest BCUT2D eigenvalue weighted by Gasteiger charge is 2.14. The fourth-order valence-corrected chi connectivity index (χ4v) is 3.18. The van der Waals surface area contributed by atoms with Crippen molar-refractivity contribution in [3.63, 3.8) is 0 Å². The Hall–Kier alpha value is -3.86. The van der Waals surface area contributed by atoms with Crippen molar-refractivity contribution in [2.75, 3.05) is 0 Å². The van der Waals surface area contributed by atoms with Crippen LogP contribution in [0.1, 0.15) is 12.0 Å². The van der Waals surface area contributed by atoms with Crippen molar-refractivity contribution in [2.24, 2.45) is 0 Å². The Bertz CT molecular complexity index is 1050. The van der Waals surface area contributed by atoms with E-state index in [1.165, 1.54) is 18.6 Å². The second kappa shape index (κ2) is 9.56. The zero-order valence-corrected chi connectivity index (χ0v) is 16.3. The lowest BCUT2D eigenvalue weighted by Crippen LogP contribution is -2.01. The number of carboxylic acids is 1. The van der Waals surface area contributed by atoms with Gasteiger partial charge in [0.2, 0.25) is 0 Å². The minimum absolute atomic E-state index is 0.0537. The summed E-state index contributed by atoms with van der Waals surface area (Å²) < 4.78 is 25.5.